The number of hydrogen-bond acceptors (Lipinski definition) is 8. The molecular weight excluding hydrogens is 404 g/mol. The van der Waals surface area contributed by atoms with Gasteiger partial charge >= 0.3 is 0 Å². The number of hydrogen-bond donors (Lipinski definition) is 4. The van der Waals surface area contributed by atoms with Crippen molar-refractivity contribution in [2.75, 3.05) is 26.1 Å². The van der Waals surface area contributed by atoms with Crippen LogP contribution in [0.1, 0.15) is 28.8 Å². The Labute approximate surface area is 178 Å². The Morgan fingerprint density at radius 3 is 2.48 bits per heavy atom. The van der Waals surface area contributed by atoms with E-state index >= 15 is 0 Å². The predicted molar refractivity (Wildman–Crippen MR) is 110 cm³/mol. The molecule has 3 aliphatic rings. The lowest BCUT2D eigenvalue weighted by Gasteiger charge is -2.45. The van der Waals surface area contributed by atoms with E-state index in [1.165, 1.54) is 7.11 Å². The van der Waals surface area contributed by atoms with Crippen molar-refractivity contribution >= 4 is 23.2 Å². The molecule has 0 aromatic heterocycles. The number of methoxy groups -OCH3 is 1. The fourth-order valence-electron chi connectivity index (χ4n) is 5.18. The molecule has 31 heavy (non-hydrogen) atoms. The van der Waals surface area contributed by atoms with Gasteiger partial charge in [-0.05, 0) is 36.5 Å². The van der Waals surface area contributed by atoms with Gasteiger partial charge in [-0.15, -0.1) is 0 Å². The summed E-state index contributed by atoms with van der Waals surface area (Å²) in [5, 5.41) is 32.5. The second kappa shape index (κ2) is 6.84. The summed E-state index contributed by atoms with van der Waals surface area (Å²) in [7, 11) is 5.13. The van der Waals surface area contributed by atoms with Gasteiger partial charge in [0.05, 0.1) is 12.7 Å². The average Bonchev–Trinajstić information content (AvgIpc) is 2.69. The molecule has 4 rings (SSSR count). The number of ether oxygens (including phenoxy) is 1. The zero-order valence-corrected chi connectivity index (χ0v) is 17.4. The Hall–Kier alpha value is -3.33. The van der Waals surface area contributed by atoms with Crippen LogP contribution < -0.4 is 15.4 Å². The summed E-state index contributed by atoms with van der Waals surface area (Å²) in [5.41, 5.74) is 3.73. The topological polar surface area (TPSA) is 150 Å². The number of carbonyl (C=O) groups excluding carboxylic acids is 3. The van der Waals surface area contributed by atoms with Crippen LogP contribution in [0.5, 0.6) is 5.75 Å². The van der Waals surface area contributed by atoms with E-state index in [1.807, 2.05) is 25.1 Å². The minimum absolute atomic E-state index is 0.0704. The maximum atomic E-state index is 13.5. The summed E-state index contributed by atoms with van der Waals surface area (Å²) in [6, 6.07) is 3.50. The van der Waals surface area contributed by atoms with Crippen molar-refractivity contribution in [3.05, 3.63) is 45.9 Å². The number of nitrogens with two attached hydrogens (primary N) is 1. The second-order valence-corrected chi connectivity index (χ2v) is 8.45. The number of fused-ring (bicyclic) bond motifs is 3. The van der Waals surface area contributed by atoms with Gasteiger partial charge in [0.15, 0.2) is 11.4 Å². The number of aliphatic hydroxyl groups excluding tert-OH is 2. The van der Waals surface area contributed by atoms with Crippen LogP contribution in [-0.4, -0.2) is 59.6 Å². The quantitative estimate of drug-likeness (QED) is 0.520. The molecule has 0 spiro atoms. The lowest BCUT2D eigenvalue weighted by Crippen LogP contribution is -2.57. The number of Topliss-reactive ketones (excluding diaryl/α,β-unsaturated/α-hetero) is 2. The van der Waals surface area contributed by atoms with Gasteiger partial charge in [-0.1, -0.05) is 0 Å². The second-order valence-electron chi connectivity index (χ2n) is 8.45. The van der Waals surface area contributed by atoms with Crippen molar-refractivity contribution in [2.24, 2.45) is 17.6 Å². The summed E-state index contributed by atoms with van der Waals surface area (Å²) < 4.78 is 5.37. The van der Waals surface area contributed by atoms with Gasteiger partial charge in [0, 0.05) is 37.7 Å². The number of allylic oxidation sites excluding steroid dienone is 2. The monoisotopic (exact) mass is 428 g/mol. The number of nitrogens with zero attached hydrogens (tertiary/aromatic N) is 1. The molecule has 0 bridgehead atoms. The third-order valence-electron chi connectivity index (χ3n) is 6.61. The van der Waals surface area contributed by atoms with E-state index in [9.17, 15) is 29.7 Å². The molecule has 0 radical (unpaired) electrons. The number of carbonyl (C=O) groups is 3. The fraction of sp³-hybridized carbons (Fsp3) is 0.409. The molecule has 1 amide bonds. The normalized spacial score (nSPS) is 27.5. The molecule has 3 atom stereocenters. The Morgan fingerprint density at radius 2 is 1.90 bits per heavy atom. The average molecular weight is 428 g/mol. The number of anilines is 1. The number of ketones is 2. The SMILES string of the molecule is COc1ccc(N(C)C)c2c1C(=O)C1=C(O)[C@]3(O)C(=O)C(C(N)=O)=C(O)C[C@@H]3C[C@@H]1C2. The number of amides is 1. The fourth-order valence-corrected chi connectivity index (χ4v) is 5.18. The van der Waals surface area contributed by atoms with Gasteiger partial charge in [-0.25, -0.2) is 0 Å². The smallest absolute Gasteiger partial charge is 0.255 e. The van der Waals surface area contributed by atoms with Crippen LogP contribution in [0.2, 0.25) is 0 Å². The van der Waals surface area contributed by atoms with Crippen LogP contribution in [-0.2, 0) is 16.0 Å². The van der Waals surface area contributed by atoms with E-state index in [-0.39, 0.29) is 24.0 Å². The molecule has 0 unspecified atom stereocenters. The minimum Gasteiger partial charge on any atom is -0.511 e. The van der Waals surface area contributed by atoms with Crippen molar-refractivity contribution < 1.29 is 34.4 Å². The maximum absolute atomic E-state index is 13.5. The molecule has 0 saturated carbocycles. The molecule has 9 heteroatoms. The highest BCUT2D eigenvalue weighted by Gasteiger charge is 2.59. The van der Waals surface area contributed by atoms with Crippen LogP contribution in [0.3, 0.4) is 0 Å². The van der Waals surface area contributed by atoms with Crippen molar-refractivity contribution in [1.82, 2.24) is 0 Å². The third kappa shape index (κ3) is 2.69. The molecule has 0 saturated heterocycles. The van der Waals surface area contributed by atoms with Crippen molar-refractivity contribution in [2.45, 2.75) is 24.9 Å². The predicted octanol–water partition coefficient (Wildman–Crippen LogP) is 0.949. The van der Waals surface area contributed by atoms with Crippen molar-refractivity contribution in [3.8, 4) is 5.75 Å². The largest absolute Gasteiger partial charge is 0.511 e. The molecule has 1 aromatic carbocycles. The maximum Gasteiger partial charge on any atom is 0.255 e. The summed E-state index contributed by atoms with van der Waals surface area (Å²) in [4.78, 5) is 40.0. The molecule has 1 aromatic rings. The van der Waals surface area contributed by atoms with Gasteiger partial charge in [0.2, 0.25) is 5.78 Å². The van der Waals surface area contributed by atoms with E-state index < -0.39 is 52.0 Å². The van der Waals surface area contributed by atoms with Crippen molar-refractivity contribution in [3.63, 3.8) is 0 Å². The number of benzene rings is 1. The van der Waals surface area contributed by atoms with E-state index in [0.717, 1.165) is 11.3 Å². The van der Waals surface area contributed by atoms with Gasteiger partial charge in [-0.3, -0.25) is 14.4 Å². The first-order chi connectivity index (χ1) is 14.5. The highest BCUT2D eigenvalue weighted by molar-refractivity contribution is 6.24. The van der Waals surface area contributed by atoms with Gasteiger partial charge in [0.25, 0.3) is 5.91 Å². The summed E-state index contributed by atoms with van der Waals surface area (Å²) in [6.45, 7) is 0. The standard InChI is InChI=1S/C22H24N2O7/c1-24(2)12-4-5-14(31-3)16-11(12)7-9-6-10-8-13(25)17(21(23)29)20(28)22(10,30)19(27)15(9)18(16)26/h4-5,9-10,25,27,30H,6-8H2,1-3H3,(H2,23,29)/t9-,10+,22+/m1/s1. The highest BCUT2D eigenvalue weighted by Crippen LogP contribution is 2.52. The summed E-state index contributed by atoms with van der Waals surface area (Å²) in [5.74, 6) is -5.28. The lowest BCUT2D eigenvalue weighted by atomic mass is 9.60. The van der Waals surface area contributed by atoms with Crippen LogP contribution >= 0.6 is 0 Å². The van der Waals surface area contributed by atoms with E-state index in [2.05, 4.69) is 0 Å². The van der Waals surface area contributed by atoms with Crippen LogP contribution in [0.25, 0.3) is 0 Å². The first kappa shape index (κ1) is 20.9. The minimum atomic E-state index is -2.50. The zero-order valence-electron chi connectivity index (χ0n) is 17.4. The first-order valence-electron chi connectivity index (χ1n) is 9.88. The Balaban J connectivity index is 1.93. The first-order valence-corrected chi connectivity index (χ1v) is 9.88. The summed E-state index contributed by atoms with van der Waals surface area (Å²) in [6.07, 6.45) is 0.320. The van der Waals surface area contributed by atoms with Crippen LogP contribution in [0, 0.1) is 11.8 Å². The molecule has 164 valence electrons. The molecule has 0 heterocycles. The van der Waals surface area contributed by atoms with E-state index in [0.29, 0.717) is 12.2 Å². The van der Waals surface area contributed by atoms with E-state index in [1.54, 1.807) is 6.07 Å². The lowest BCUT2D eigenvalue weighted by molar-refractivity contribution is -0.144. The molecular formula is C22H24N2O7. The Kier molecular flexibility index (Phi) is 4.62. The molecule has 3 aliphatic carbocycles. The molecule has 0 fully saturated rings. The Bertz CT molecular complexity index is 1100. The van der Waals surface area contributed by atoms with E-state index in [4.69, 9.17) is 10.5 Å². The van der Waals surface area contributed by atoms with Crippen molar-refractivity contribution in [1.29, 1.82) is 0 Å². The highest BCUT2D eigenvalue weighted by atomic mass is 16.5. The van der Waals surface area contributed by atoms with Gasteiger partial charge < -0.3 is 30.7 Å². The van der Waals surface area contributed by atoms with Crippen LogP contribution in [0.4, 0.5) is 5.69 Å². The van der Waals surface area contributed by atoms with Crippen LogP contribution in [0.15, 0.2) is 34.8 Å². The zero-order chi connectivity index (χ0) is 22.8. The molecule has 0 aliphatic heterocycles. The third-order valence-corrected chi connectivity index (χ3v) is 6.61. The number of primary amides is 1. The summed E-state index contributed by atoms with van der Waals surface area (Å²) >= 11 is 0. The molecule has 9 nitrogen and oxygen atoms in total. The number of aliphatic hydroxyl groups is 3. The number of rotatable bonds is 3. The van der Waals surface area contributed by atoms with Gasteiger partial charge in [0.1, 0.15) is 22.8 Å². The molecule has 5 N–H and O–H groups in total. The Morgan fingerprint density at radius 1 is 1.23 bits per heavy atom. The van der Waals surface area contributed by atoms with Gasteiger partial charge in [-0.2, -0.15) is 0 Å².